The Hall–Kier alpha value is -3.07. The van der Waals surface area contributed by atoms with Gasteiger partial charge >= 0.3 is 0 Å². The van der Waals surface area contributed by atoms with Crippen molar-refractivity contribution in [3.05, 3.63) is 29.3 Å². The molecular formula is C17H18N4O5. The van der Waals surface area contributed by atoms with Gasteiger partial charge in [-0.15, -0.1) is 0 Å². The normalized spacial score (nSPS) is 19.4. The van der Waals surface area contributed by atoms with Crippen molar-refractivity contribution in [1.29, 1.82) is 0 Å². The molecule has 3 rings (SSSR count). The lowest BCUT2D eigenvalue weighted by molar-refractivity contribution is -0.136. The van der Waals surface area contributed by atoms with Gasteiger partial charge in [-0.05, 0) is 37.6 Å². The second-order valence-electron chi connectivity index (χ2n) is 6.15. The predicted octanol–water partition coefficient (Wildman–Crippen LogP) is -0.235. The van der Waals surface area contributed by atoms with E-state index in [1.807, 2.05) is 0 Å². The number of nitrogens with two attached hydrogens (primary N) is 1. The third-order valence-electron chi connectivity index (χ3n) is 4.33. The van der Waals surface area contributed by atoms with Gasteiger partial charge in [0.2, 0.25) is 17.7 Å². The Balaban J connectivity index is 1.80. The van der Waals surface area contributed by atoms with Crippen molar-refractivity contribution in [2.75, 3.05) is 11.9 Å². The Kier molecular flexibility index (Phi) is 4.81. The van der Waals surface area contributed by atoms with Crippen LogP contribution in [0.3, 0.4) is 0 Å². The molecule has 0 aliphatic carbocycles. The van der Waals surface area contributed by atoms with Crippen LogP contribution in [0.1, 0.15) is 46.4 Å². The zero-order valence-electron chi connectivity index (χ0n) is 13.9. The van der Waals surface area contributed by atoms with Gasteiger partial charge in [0.15, 0.2) is 0 Å². The van der Waals surface area contributed by atoms with Gasteiger partial charge in [-0.25, -0.2) is 0 Å². The van der Waals surface area contributed by atoms with Crippen molar-refractivity contribution in [3.8, 4) is 0 Å². The van der Waals surface area contributed by atoms with Gasteiger partial charge in [0, 0.05) is 18.5 Å². The van der Waals surface area contributed by atoms with Crippen LogP contribution in [0, 0.1) is 0 Å². The van der Waals surface area contributed by atoms with Crippen LogP contribution in [0.25, 0.3) is 0 Å². The molecule has 136 valence electrons. The summed E-state index contributed by atoms with van der Waals surface area (Å²) in [5, 5.41) is 4.79. The van der Waals surface area contributed by atoms with E-state index in [9.17, 15) is 24.0 Å². The average molecular weight is 358 g/mol. The molecule has 0 aromatic heterocycles. The molecule has 0 spiro atoms. The minimum atomic E-state index is -1.01. The number of hydrogen-bond donors (Lipinski definition) is 3. The van der Waals surface area contributed by atoms with Gasteiger partial charge in [0.1, 0.15) is 6.04 Å². The second kappa shape index (κ2) is 7.04. The van der Waals surface area contributed by atoms with E-state index in [-0.39, 0.29) is 36.3 Å². The largest absolute Gasteiger partial charge is 0.330 e. The van der Waals surface area contributed by atoms with Gasteiger partial charge in [-0.3, -0.25) is 34.2 Å². The third-order valence-corrected chi connectivity index (χ3v) is 4.33. The topological polar surface area (TPSA) is 139 Å². The lowest BCUT2D eigenvalue weighted by Gasteiger charge is -2.27. The summed E-state index contributed by atoms with van der Waals surface area (Å²) in [6.45, 7) is 0.394. The molecule has 9 heteroatoms. The van der Waals surface area contributed by atoms with Crippen LogP contribution in [-0.4, -0.2) is 47.0 Å². The van der Waals surface area contributed by atoms with E-state index >= 15 is 0 Å². The number of imide groups is 2. The molecule has 1 atom stereocenters. The highest BCUT2D eigenvalue weighted by Gasteiger charge is 2.44. The first-order valence-corrected chi connectivity index (χ1v) is 8.28. The highest BCUT2D eigenvalue weighted by atomic mass is 16.2. The summed E-state index contributed by atoms with van der Waals surface area (Å²) in [6.07, 6.45) is 0.950. The lowest BCUT2D eigenvalue weighted by atomic mass is 10.0. The summed E-state index contributed by atoms with van der Waals surface area (Å²) in [7, 11) is 0. The Labute approximate surface area is 148 Å². The maximum atomic E-state index is 12.7. The molecule has 0 radical (unpaired) electrons. The molecular weight excluding hydrogens is 340 g/mol. The van der Waals surface area contributed by atoms with Crippen molar-refractivity contribution >= 4 is 35.2 Å². The monoisotopic (exact) mass is 358 g/mol. The van der Waals surface area contributed by atoms with E-state index < -0.39 is 29.7 Å². The van der Waals surface area contributed by atoms with Crippen LogP contribution in [0.5, 0.6) is 0 Å². The number of piperidine rings is 1. The molecule has 1 aromatic carbocycles. The molecule has 1 fully saturated rings. The average Bonchev–Trinajstić information content (AvgIpc) is 2.84. The van der Waals surface area contributed by atoms with Gasteiger partial charge in [0.25, 0.3) is 11.8 Å². The maximum absolute atomic E-state index is 12.7. The highest BCUT2D eigenvalue weighted by molar-refractivity contribution is 6.23. The highest BCUT2D eigenvalue weighted by Crippen LogP contribution is 2.29. The van der Waals surface area contributed by atoms with Crippen molar-refractivity contribution in [1.82, 2.24) is 10.2 Å². The van der Waals surface area contributed by atoms with E-state index in [2.05, 4.69) is 10.6 Å². The Morgan fingerprint density at radius 2 is 1.92 bits per heavy atom. The number of anilines is 1. The van der Waals surface area contributed by atoms with E-state index in [0.717, 1.165) is 4.90 Å². The summed E-state index contributed by atoms with van der Waals surface area (Å²) in [4.78, 5) is 61.1. The third kappa shape index (κ3) is 3.21. The molecule has 0 bridgehead atoms. The molecule has 5 amide bonds. The van der Waals surface area contributed by atoms with Crippen molar-refractivity contribution in [2.24, 2.45) is 5.73 Å². The van der Waals surface area contributed by atoms with Crippen LogP contribution >= 0.6 is 0 Å². The minimum Gasteiger partial charge on any atom is -0.330 e. The molecule has 1 unspecified atom stereocenters. The van der Waals surface area contributed by atoms with Crippen LogP contribution < -0.4 is 16.4 Å². The fourth-order valence-corrected chi connectivity index (χ4v) is 3.03. The number of fused-ring (bicyclic) bond motifs is 1. The summed E-state index contributed by atoms with van der Waals surface area (Å²) >= 11 is 0. The van der Waals surface area contributed by atoms with Crippen LogP contribution in [0.4, 0.5) is 5.69 Å². The minimum absolute atomic E-state index is 0.0618. The first-order valence-electron chi connectivity index (χ1n) is 8.28. The van der Waals surface area contributed by atoms with E-state index in [4.69, 9.17) is 5.73 Å². The quantitative estimate of drug-likeness (QED) is 0.621. The summed E-state index contributed by atoms with van der Waals surface area (Å²) in [5.74, 6) is -2.52. The molecule has 1 aromatic rings. The Morgan fingerprint density at radius 3 is 2.62 bits per heavy atom. The zero-order chi connectivity index (χ0) is 18.8. The summed E-state index contributed by atoms with van der Waals surface area (Å²) in [6, 6.07) is 3.38. The zero-order valence-corrected chi connectivity index (χ0v) is 13.9. The van der Waals surface area contributed by atoms with Crippen LogP contribution in [-0.2, 0) is 14.4 Å². The van der Waals surface area contributed by atoms with Gasteiger partial charge < -0.3 is 11.1 Å². The second-order valence-corrected chi connectivity index (χ2v) is 6.15. The number of hydrogen-bond acceptors (Lipinski definition) is 6. The van der Waals surface area contributed by atoms with E-state index in [1.165, 1.54) is 18.2 Å². The van der Waals surface area contributed by atoms with Gasteiger partial charge in [-0.2, -0.15) is 0 Å². The molecule has 2 aliphatic rings. The van der Waals surface area contributed by atoms with Crippen molar-refractivity contribution < 1.29 is 24.0 Å². The molecule has 4 N–H and O–H groups in total. The molecule has 9 nitrogen and oxygen atoms in total. The van der Waals surface area contributed by atoms with Crippen LogP contribution in [0.2, 0.25) is 0 Å². The molecule has 0 saturated carbocycles. The maximum Gasteiger partial charge on any atom is 0.262 e. The fraction of sp³-hybridized carbons (Fsp3) is 0.353. The number of nitrogens with zero attached hydrogens (tertiary/aromatic N) is 1. The SMILES string of the molecule is NCCCC(=O)Nc1ccc2c(c1)C(=O)N(C1CCC(=O)NC1=O)C2=O. The van der Waals surface area contributed by atoms with Crippen molar-refractivity contribution in [3.63, 3.8) is 0 Å². The molecule has 2 aliphatic heterocycles. The van der Waals surface area contributed by atoms with Gasteiger partial charge in [0.05, 0.1) is 11.1 Å². The first kappa shape index (κ1) is 17.7. The Morgan fingerprint density at radius 1 is 1.19 bits per heavy atom. The Bertz CT molecular complexity index is 819. The number of carbonyl (C=O) groups excluding carboxylic acids is 5. The number of carbonyl (C=O) groups is 5. The molecule has 26 heavy (non-hydrogen) atoms. The number of amides is 5. The molecule has 1 saturated heterocycles. The van der Waals surface area contributed by atoms with Crippen molar-refractivity contribution in [2.45, 2.75) is 31.7 Å². The summed E-state index contributed by atoms with van der Waals surface area (Å²) in [5.41, 5.74) is 6.04. The first-order chi connectivity index (χ1) is 12.4. The van der Waals surface area contributed by atoms with E-state index in [1.54, 1.807) is 0 Å². The number of nitrogens with one attached hydrogen (secondary N) is 2. The molecule has 2 heterocycles. The number of benzene rings is 1. The fourth-order valence-electron chi connectivity index (χ4n) is 3.03. The summed E-state index contributed by atoms with van der Waals surface area (Å²) < 4.78 is 0. The lowest BCUT2D eigenvalue weighted by Crippen LogP contribution is -2.54. The smallest absolute Gasteiger partial charge is 0.262 e. The van der Waals surface area contributed by atoms with Gasteiger partial charge in [-0.1, -0.05) is 0 Å². The predicted molar refractivity (Wildman–Crippen MR) is 90.0 cm³/mol. The number of rotatable bonds is 5. The van der Waals surface area contributed by atoms with Crippen LogP contribution in [0.15, 0.2) is 18.2 Å². The standard InChI is InChI=1S/C17H18N4O5/c18-7-1-2-13(22)19-9-3-4-10-11(8-9)17(26)21(16(10)25)12-5-6-14(23)20-15(12)24/h3-4,8,12H,1-2,5-7,18H2,(H,19,22)(H,20,23,24). The van der Waals surface area contributed by atoms with E-state index in [0.29, 0.717) is 18.7 Å².